The summed E-state index contributed by atoms with van der Waals surface area (Å²) in [7, 11) is 0. The standard InChI is InChI=1S/C68H44N2/c1-2-19-45(20-3-1)67(58-29-11-4-21-50(58)51-22-5-12-30-59(51)67)46-37-39-47(40-38-46)69(48-41-43-49(44-42-48)70-63-34-16-9-26-55(63)56-27-10-17-35-64(56)70)65-36-18-28-57-54-25-8-15-33-62(54)68(66(57)65)60-31-13-6-23-52(60)53-24-7-14-32-61(53)68/h1-44H. The number of hydrogen-bond donors (Lipinski definition) is 0. The van der Waals surface area contributed by atoms with Gasteiger partial charge in [0.2, 0.25) is 0 Å². The van der Waals surface area contributed by atoms with Gasteiger partial charge in [0.1, 0.15) is 0 Å². The molecule has 12 aromatic rings. The van der Waals surface area contributed by atoms with Crippen molar-refractivity contribution in [2.75, 3.05) is 4.90 Å². The van der Waals surface area contributed by atoms with Crippen molar-refractivity contribution in [1.82, 2.24) is 4.57 Å². The maximum Gasteiger partial charge on any atom is 0.0746 e. The zero-order valence-corrected chi connectivity index (χ0v) is 38.3. The van der Waals surface area contributed by atoms with Crippen LogP contribution in [0.1, 0.15) is 44.5 Å². The fraction of sp³-hybridized carbons (Fsp3) is 0.0294. The van der Waals surface area contributed by atoms with E-state index < -0.39 is 10.8 Å². The molecule has 2 nitrogen and oxygen atoms in total. The smallest absolute Gasteiger partial charge is 0.0746 e. The molecule has 0 unspecified atom stereocenters. The largest absolute Gasteiger partial charge is 0.310 e. The summed E-state index contributed by atoms with van der Waals surface area (Å²) in [6.45, 7) is 0. The predicted molar refractivity (Wildman–Crippen MR) is 289 cm³/mol. The van der Waals surface area contributed by atoms with Gasteiger partial charge >= 0.3 is 0 Å². The molecule has 1 aromatic heterocycles. The van der Waals surface area contributed by atoms with E-state index in [0.29, 0.717) is 0 Å². The first-order chi connectivity index (χ1) is 34.8. The Morgan fingerprint density at radius 1 is 0.271 bits per heavy atom. The van der Waals surface area contributed by atoms with E-state index in [1.807, 2.05) is 0 Å². The van der Waals surface area contributed by atoms with Gasteiger partial charge < -0.3 is 9.47 Å². The lowest BCUT2D eigenvalue weighted by molar-refractivity contribution is 0.768. The van der Waals surface area contributed by atoms with E-state index in [0.717, 1.165) is 22.7 Å². The van der Waals surface area contributed by atoms with Crippen LogP contribution < -0.4 is 4.90 Å². The zero-order chi connectivity index (χ0) is 46.0. The van der Waals surface area contributed by atoms with Crippen LogP contribution in [0.15, 0.2) is 267 Å². The van der Waals surface area contributed by atoms with Crippen LogP contribution >= 0.6 is 0 Å². The number of rotatable bonds is 6. The molecule has 1 spiro atoms. The fourth-order valence-corrected chi connectivity index (χ4v) is 13.3. The number of hydrogen-bond acceptors (Lipinski definition) is 1. The third-order valence-electron chi connectivity index (χ3n) is 15.9. The van der Waals surface area contributed by atoms with Gasteiger partial charge in [-0.1, -0.05) is 212 Å². The van der Waals surface area contributed by atoms with E-state index in [1.54, 1.807) is 0 Å². The van der Waals surface area contributed by atoms with Crippen LogP contribution in [-0.4, -0.2) is 4.57 Å². The van der Waals surface area contributed by atoms with Crippen molar-refractivity contribution in [3.05, 3.63) is 311 Å². The molecule has 0 fully saturated rings. The zero-order valence-electron chi connectivity index (χ0n) is 38.3. The van der Waals surface area contributed by atoms with Gasteiger partial charge in [0.05, 0.1) is 27.6 Å². The van der Waals surface area contributed by atoms with Gasteiger partial charge in [-0.05, 0) is 127 Å². The normalized spacial score (nSPS) is 13.9. The van der Waals surface area contributed by atoms with Crippen molar-refractivity contribution < 1.29 is 0 Å². The molecule has 15 rings (SSSR count). The summed E-state index contributed by atoms with van der Waals surface area (Å²) in [6, 6.07) is 99.7. The Hall–Kier alpha value is -8.98. The number of nitrogens with zero attached hydrogens (tertiary/aromatic N) is 2. The molecule has 3 aliphatic rings. The highest BCUT2D eigenvalue weighted by atomic mass is 15.1. The molecular formula is C68H44N2. The van der Waals surface area contributed by atoms with Gasteiger partial charge in [-0.2, -0.15) is 0 Å². The number of benzene rings is 11. The summed E-state index contributed by atoms with van der Waals surface area (Å²) in [4.78, 5) is 2.53. The van der Waals surface area contributed by atoms with E-state index in [1.165, 1.54) is 99.7 Å². The Kier molecular flexibility index (Phi) is 8.24. The quantitative estimate of drug-likeness (QED) is 0.161. The molecule has 0 saturated carbocycles. The molecule has 0 amide bonds. The molecule has 326 valence electrons. The average molecular weight is 889 g/mol. The Balaban J connectivity index is 0.984. The van der Waals surface area contributed by atoms with Crippen LogP contribution in [0.2, 0.25) is 0 Å². The van der Waals surface area contributed by atoms with E-state index in [-0.39, 0.29) is 0 Å². The Morgan fingerprint density at radius 2 is 0.643 bits per heavy atom. The fourth-order valence-electron chi connectivity index (χ4n) is 13.3. The van der Waals surface area contributed by atoms with E-state index in [4.69, 9.17) is 0 Å². The first-order valence-electron chi connectivity index (χ1n) is 24.4. The molecule has 1 heterocycles. The monoisotopic (exact) mass is 888 g/mol. The molecule has 0 atom stereocenters. The molecule has 0 saturated heterocycles. The average Bonchev–Trinajstić information content (AvgIpc) is 4.13. The lowest BCUT2D eigenvalue weighted by atomic mass is 9.67. The molecule has 0 aliphatic heterocycles. The van der Waals surface area contributed by atoms with Crippen LogP contribution in [0.4, 0.5) is 17.1 Å². The molecule has 2 heteroatoms. The highest BCUT2D eigenvalue weighted by Crippen LogP contribution is 2.65. The third-order valence-corrected chi connectivity index (χ3v) is 15.9. The molecule has 0 N–H and O–H groups in total. The van der Waals surface area contributed by atoms with Crippen molar-refractivity contribution in [3.8, 4) is 39.1 Å². The maximum atomic E-state index is 2.53. The second-order valence-electron chi connectivity index (χ2n) is 19.1. The van der Waals surface area contributed by atoms with Crippen molar-refractivity contribution in [1.29, 1.82) is 0 Å². The van der Waals surface area contributed by atoms with Gasteiger partial charge in [-0.25, -0.2) is 0 Å². The van der Waals surface area contributed by atoms with E-state index in [9.17, 15) is 0 Å². The summed E-state index contributed by atoms with van der Waals surface area (Å²) in [5.41, 5.74) is 24.0. The van der Waals surface area contributed by atoms with Crippen LogP contribution in [0.25, 0.3) is 60.9 Å². The van der Waals surface area contributed by atoms with Gasteiger partial charge in [0.25, 0.3) is 0 Å². The number of anilines is 3. The molecule has 3 aliphatic carbocycles. The first-order valence-corrected chi connectivity index (χ1v) is 24.4. The molecule has 0 bridgehead atoms. The topological polar surface area (TPSA) is 8.17 Å². The summed E-state index contributed by atoms with van der Waals surface area (Å²) in [6.07, 6.45) is 0. The van der Waals surface area contributed by atoms with Crippen LogP contribution in [0.3, 0.4) is 0 Å². The first kappa shape index (κ1) is 39.1. The van der Waals surface area contributed by atoms with Gasteiger partial charge in [-0.15, -0.1) is 0 Å². The minimum absolute atomic E-state index is 0.501. The highest BCUT2D eigenvalue weighted by molar-refractivity contribution is 6.09. The minimum atomic E-state index is -0.536. The highest BCUT2D eigenvalue weighted by Gasteiger charge is 2.53. The Morgan fingerprint density at radius 3 is 1.14 bits per heavy atom. The third kappa shape index (κ3) is 5.07. The van der Waals surface area contributed by atoms with Crippen LogP contribution in [0.5, 0.6) is 0 Å². The van der Waals surface area contributed by atoms with Crippen molar-refractivity contribution >= 4 is 38.9 Å². The van der Waals surface area contributed by atoms with Crippen molar-refractivity contribution in [3.63, 3.8) is 0 Å². The number of fused-ring (bicyclic) bond motifs is 16. The van der Waals surface area contributed by atoms with Crippen molar-refractivity contribution in [2.24, 2.45) is 0 Å². The number of aromatic nitrogens is 1. The lowest BCUT2D eigenvalue weighted by Gasteiger charge is -2.36. The van der Waals surface area contributed by atoms with Gasteiger partial charge in [0, 0.05) is 33.4 Å². The molecular weight excluding hydrogens is 845 g/mol. The summed E-state index contributed by atoms with van der Waals surface area (Å²) < 4.78 is 2.41. The second kappa shape index (κ2) is 14.8. The van der Waals surface area contributed by atoms with Gasteiger partial charge in [-0.3, -0.25) is 0 Å². The lowest BCUT2D eigenvalue weighted by Crippen LogP contribution is -2.29. The van der Waals surface area contributed by atoms with E-state index >= 15 is 0 Å². The second-order valence-corrected chi connectivity index (χ2v) is 19.1. The predicted octanol–water partition coefficient (Wildman–Crippen LogP) is 17.0. The maximum absolute atomic E-state index is 2.53. The summed E-state index contributed by atoms with van der Waals surface area (Å²) >= 11 is 0. The van der Waals surface area contributed by atoms with Crippen LogP contribution in [0, 0.1) is 0 Å². The summed E-state index contributed by atoms with van der Waals surface area (Å²) in [5.74, 6) is 0. The summed E-state index contributed by atoms with van der Waals surface area (Å²) in [5, 5.41) is 2.51. The number of para-hydroxylation sites is 2. The Labute approximate surface area is 407 Å². The SMILES string of the molecule is c1ccc(C2(c3ccc(N(c4ccc(-n5c6ccccc6c6ccccc65)cc4)c4cccc5c4C4(c6ccccc6-c6ccccc64)c4ccccc4-5)cc3)c3ccccc3-c3ccccc32)cc1. The molecule has 11 aromatic carbocycles. The van der Waals surface area contributed by atoms with Gasteiger partial charge in [0.15, 0.2) is 0 Å². The van der Waals surface area contributed by atoms with Crippen molar-refractivity contribution in [2.45, 2.75) is 10.8 Å². The molecule has 70 heavy (non-hydrogen) atoms. The minimum Gasteiger partial charge on any atom is -0.310 e. The van der Waals surface area contributed by atoms with Crippen LogP contribution in [-0.2, 0) is 10.8 Å². The molecule has 0 radical (unpaired) electrons. The van der Waals surface area contributed by atoms with E-state index in [2.05, 4.69) is 276 Å². The Bertz CT molecular complexity index is 3900.